The molecule has 3 aromatic rings. The Morgan fingerprint density at radius 2 is 1.65 bits per heavy atom. The van der Waals surface area contributed by atoms with Crippen molar-refractivity contribution in [3.63, 3.8) is 0 Å². The van der Waals surface area contributed by atoms with Gasteiger partial charge in [0.15, 0.2) is 5.75 Å². The number of ether oxygens (including phenoxy) is 2. The van der Waals surface area contributed by atoms with E-state index in [4.69, 9.17) is 15.2 Å². The number of benzene rings is 3. The Morgan fingerprint density at radius 1 is 1.00 bits per heavy atom. The summed E-state index contributed by atoms with van der Waals surface area (Å²) in [6, 6.07) is 18.5. The number of hydrogen-bond donors (Lipinski definition) is 1. The zero-order valence-corrected chi connectivity index (χ0v) is 12.4. The van der Waals surface area contributed by atoms with Gasteiger partial charge in [0.05, 0.1) is 5.69 Å². The van der Waals surface area contributed by atoms with Crippen molar-refractivity contribution in [2.45, 2.75) is 0 Å². The summed E-state index contributed by atoms with van der Waals surface area (Å²) in [6.45, 7) is 3.40. The third kappa shape index (κ3) is 3.01. The maximum absolute atomic E-state index is 11.5. The third-order valence-electron chi connectivity index (χ3n) is 3.33. The van der Waals surface area contributed by atoms with Crippen LogP contribution in [0.15, 0.2) is 73.3 Å². The van der Waals surface area contributed by atoms with Gasteiger partial charge in [0.25, 0.3) is 0 Å². The van der Waals surface area contributed by atoms with Gasteiger partial charge in [0, 0.05) is 22.9 Å². The molecule has 0 amide bonds. The Hall–Kier alpha value is -3.27. The molecule has 3 aromatic carbocycles. The van der Waals surface area contributed by atoms with Crippen molar-refractivity contribution in [1.82, 2.24) is 0 Å². The number of nitrogens with two attached hydrogens (primary N) is 1. The summed E-state index contributed by atoms with van der Waals surface area (Å²) in [5, 5.41) is 1.51. The lowest BCUT2D eigenvalue weighted by atomic mass is 10.1. The highest BCUT2D eigenvalue weighted by Crippen LogP contribution is 2.40. The van der Waals surface area contributed by atoms with Crippen LogP contribution in [0.2, 0.25) is 0 Å². The molecule has 0 unspecified atom stereocenters. The Bertz CT molecular complexity index is 872. The fourth-order valence-corrected chi connectivity index (χ4v) is 2.29. The van der Waals surface area contributed by atoms with Crippen molar-refractivity contribution < 1.29 is 14.3 Å². The first-order chi connectivity index (χ1) is 11.2. The molecule has 3 rings (SSSR count). The smallest absolute Gasteiger partial charge is 0.335 e. The van der Waals surface area contributed by atoms with Gasteiger partial charge in [-0.2, -0.15) is 0 Å². The van der Waals surface area contributed by atoms with Gasteiger partial charge >= 0.3 is 5.97 Å². The predicted molar refractivity (Wildman–Crippen MR) is 90.7 cm³/mol. The molecule has 0 aromatic heterocycles. The summed E-state index contributed by atoms with van der Waals surface area (Å²) in [7, 11) is 0. The van der Waals surface area contributed by atoms with Crippen molar-refractivity contribution in [2.24, 2.45) is 0 Å². The summed E-state index contributed by atoms with van der Waals surface area (Å²) in [5.74, 6) is 1.06. The molecule has 0 spiro atoms. The number of carbonyl (C=O) groups is 1. The maximum atomic E-state index is 11.5. The average molecular weight is 305 g/mol. The lowest BCUT2D eigenvalue weighted by Gasteiger charge is -2.14. The lowest BCUT2D eigenvalue weighted by Crippen LogP contribution is -2.06. The highest BCUT2D eigenvalue weighted by Gasteiger charge is 2.14. The first-order valence-corrected chi connectivity index (χ1v) is 7.07. The van der Waals surface area contributed by atoms with E-state index in [0.29, 0.717) is 28.3 Å². The summed E-state index contributed by atoms with van der Waals surface area (Å²) in [5.41, 5.74) is 6.38. The van der Waals surface area contributed by atoms with E-state index in [2.05, 4.69) is 6.58 Å². The number of carbonyl (C=O) groups excluding carboxylic acids is 1. The van der Waals surface area contributed by atoms with Gasteiger partial charge in [-0.1, -0.05) is 49.0 Å². The van der Waals surface area contributed by atoms with Gasteiger partial charge in [0.1, 0.15) is 11.5 Å². The van der Waals surface area contributed by atoms with E-state index in [1.54, 1.807) is 6.07 Å². The van der Waals surface area contributed by atoms with Gasteiger partial charge < -0.3 is 15.2 Å². The lowest BCUT2D eigenvalue weighted by molar-refractivity contribution is -0.128. The van der Waals surface area contributed by atoms with Crippen LogP contribution in [0.1, 0.15) is 0 Å². The van der Waals surface area contributed by atoms with Crippen LogP contribution in [-0.4, -0.2) is 5.97 Å². The minimum atomic E-state index is -0.557. The fraction of sp³-hybridized carbons (Fsp3) is 0. The average Bonchev–Trinajstić information content (AvgIpc) is 2.59. The molecule has 4 nitrogen and oxygen atoms in total. The number of nitrogen functional groups attached to an aromatic ring is 1. The second kappa shape index (κ2) is 6.23. The Balaban J connectivity index is 2.12. The second-order valence-electron chi connectivity index (χ2n) is 4.88. The van der Waals surface area contributed by atoms with Crippen molar-refractivity contribution >= 4 is 22.4 Å². The molecule has 4 heteroatoms. The fourth-order valence-electron chi connectivity index (χ4n) is 2.29. The molecule has 0 saturated carbocycles. The number of hydrogen-bond acceptors (Lipinski definition) is 4. The molecule has 23 heavy (non-hydrogen) atoms. The standard InChI is InChI=1S/C19H15NO3/c1-2-18(21)23-19-15-11-7-6-10-14(15)17(12-16(19)20)22-13-8-4-3-5-9-13/h2-12H,1,20H2. The van der Waals surface area contributed by atoms with Crippen molar-refractivity contribution in [3.8, 4) is 17.2 Å². The summed E-state index contributed by atoms with van der Waals surface area (Å²) < 4.78 is 11.2. The molecule has 0 heterocycles. The number of esters is 1. The summed E-state index contributed by atoms with van der Waals surface area (Å²) in [6.07, 6.45) is 1.10. The SMILES string of the molecule is C=CC(=O)Oc1c(N)cc(Oc2ccccc2)c2ccccc12. The van der Waals surface area contributed by atoms with E-state index in [-0.39, 0.29) is 0 Å². The molecule has 0 aliphatic carbocycles. The first-order valence-electron chi connectivity index (χ1n) is 7.07. The van der Waals surface area contributed by atoms with Crippen molar-refractivity contribution in [3.05, 3.63) is 73.3 Å². The molecule has 0 aliphatic heterocycles. The van der Waals surface area contributed by atoms with Gasteiger partial charge in [-0.25, -0.2) is 4.79 Å². The van der Waals surface area contributed by atoms with Gasteiger partial charge in [-0.15, -0.1) is 0 Å². The molecule has 0 fully saturated rings. The molecule has 0 saturated heterocycles. The Labute approximate surface area is 133 Å². The first kappa shape index (κ1) is 14.7. The summed E-state index contributed by atoms with van der Waals surface area (Å²) >= 11 is 0. The molecular weight excluding hydrogens is 290 g/mol. The van der Waals surface area contributed by atoms with Gasteiger partial charge in [0.2, 0.25) is 0 Å². The number of rotatable bonds is 4. The van der Waals surface area contributed by atoms with Crippen LogP contribution in [0.4, 0.5) is 5.69 Å². The van der Waals surface area contributed by atoms with Gasteiger partial charge in [-0.3, -0.25) is 0 Å². The molecule has 0 radical (unpaired) electrons. The summed E-state index contributed by atoms with van der Waals surface area (Å²) in [4.78, 5) is 11.5. The monoisotopic (exact) mass is 305 g/mol. The van der Waals surface area contributed by atoms with Crippen LogP contribution in [-0.2, 0) is 4.79 Å². The number of anilines is 1. The van der Waals surface area contributed by atoms with Gasteiger partial charge in [-0.05, 0) is 12.1 Å². The van der Waals surface area contributed by atoms with Crippen LogP contribution in [0.25, 0.3) is 10.8 Å². The number of para-hydroxylation sites is 1. The van der Waals surface area contributed by atoms with E-state index in [9.17, 15) is 4.79 Å². The molecule has 0 atom stereocenters. The molecule has 0 bridgehead atoms. The number of fused-ring (bicyclic) bond motifs is 1. The molecule has 2 N–H and O–H groups in total. The van der Waals surface area contributed by atoms with Crippen molar-refractivity contribution in [1.29, 1.82) is 0 Å². The zero-order chi connectivity index (χ0) is 16.2. The van der Waals surface area contributed by atoms with E-state index < -0.39 is 5.97 Å². The molecule has 114 valence electrons. The van der Waals surface area contributed by atoms with E-state index >= 15 is 0 Å². The predicted octanol–water partition coefficient (Wildman–Crippen LogP) is 4.31. The van der Waals surface area contributed by atoms with E-state index in [1.165, 1.54) is 0 Å². The Morgan fingerprint density at radius 3 is 2.35 bits per heavy atom. The maximum Gasteiger partial charge on any atom is 0.335 e. The molecule has 0 aliphatic rings. The van der Waals surface area contributed by atoms with Crippen LogP contribution >= 0.6 is 0 Å². The molecular formula is C19H15NO3. The van der Waals surface area contributed by atoms with E-state index in [1.807, 2.05) is 54.6 Å². The van der Waals surface area contributed by atoms with Crippen LogP contribution < -0.4 is 15.2 Å². The second-order valence-corrected chi connectivity index (χ2v) is 4.88. The zero-order valence-electron chi connectivity index (χ0n) is 12.4. The Kier molecular flexibility index (Phi) is 3.97. The van der Waals surface area contributed by atoms with Crippen LogP contribution in [0, 0.1) is 0 Å². The highest BCUT2D eigenvalue weighted by molar-refractivity contribution is 6.00. The largest absolute Gasteiger partial charge is 0.457 e. The van der Waals surface area contributed by atoms with E-state index in [0.717, 1.165) is 11.5 Å². The van der Waals surface area contributed by atoms with Crippen LogP contribution in [0.3, 0.4) is 0 Å². The highest BCUT2D eigenvalue weighted by atomic mass is 16.5. The third-order valence-corrected chi connectivity index (χ3v) is 3.33. The quantitative estimate of drug-likeness (QED) is 0.338. The minimum Gasteiger partial charge on any atom is -0.457 e. The van der Waals surface area contributed by atoms with Crippen LogP contribution in [0.5, 0.6) is 17.2 Å². The topological polar surface area (TPSA) is 61.5 Å². The normalized spacial score (nSPS) is 10.3. The minimum absolute atomic E-state index is 0.311. The van der Waals surface area contributed by atoms with Crippen molar-refractivity contribution in [2.75, 3.05) is 5.73 Å².